The minimum Gasteiger partial charge on any atom is -0.469 e. The van der Waals surface area contributed by atoms with Crippen molar-refractivity contribution in [1.82, 2.24) is 0 Å². The molecule has 90 valence electrons. The zero-order valence-corrected chi connectivity index (χ0v) is 10.3. The first-order chi connectivity index (χ1) is 8.65. The predicted octanol–water partition coefficient (Wildman–Crippen LogP) is 3.39. The molecule has 0 spiro atoms. The highest BCUT2D eigenvalue weighted by Crippen LogP contribution is 2.25. The Kier molecular flexibility index (Phi) is 3.29. The molecule has 0 bridgehead atoms. The van der Waals surface area contributed by atoms with Crippen LogP contribution in [0.1, 0.15) is 33.2 Å². The second-order valence-corrected chi connectivity index (χ2v) is 4.17. The predicted molar refractivity (Wildman–Crippen MR) is 67.3 cm³/mol. The number of hydrogen-bond acceptors (Lipinski definition) is 3. The van der Waals surface area contributed by atoms with Crippen LogP contribution in [0.3, 0.4) is 0 Å². The molecule has 0 amide bonds. The van der Waals surface area contributed by atoms with E-state index in [9.17, 15) is 10.1 Å². The van der Waals surface area contributed by atoms with Gasteiger partial charge in [-0.3, -0.25) is 4.79 Å². The van der Waals surface area contributed by atoms with Crippen LogP contribution in [0.4, 0.5) is 0 Å². The van der Waals surface area contributed by atoms with Gasteiger partial charge in [0.1, 0.15) is 11.7 Å². The Morgan fingerprint density at radius 2 is 2.00 bits per heavy atom. The lowest BCUT2D eigenvalue weighted by atomic mass is 9.89. The van der Waals surface area contributed by atoms with Gasteiger partial charge in [0.15, 0.2) is 5.78 Å². The van der Waals surface area contributed by atoms with Crippen LogP contribution in [0, 0.1) is 25.2 Å². The number of rotatable bonds is 3. The second kappa shape index (κ2) is 4.89. The molecule has 0 saturated carbocycles. The number of furan rings is 1. The summed E-state index contributed by atoms with van der Waals surface area (Å²) < 4.78 is 5.12. The zero-order valence-electron chi connectivity index (χ0n) is 10.3. The fourth-order valence-corrected chi connectivity index (χ4v) is 1.98. The van der Waals surface area contributed by atoms with Crippen LogP contribution in [0.5, 0.6) is 0 Å². The van der Waals surface area contributed by atoms with Crippen molar-refractivity contribution < 1.29 is 9.21 Å². The molecule has 0 saturated heterocycles. The number of aryl methyl sites for hydroxylation is 2. The van der Waals surface area contributed by atoms with E-state index in [0.29, 0.717) is 11.3 Å². The highest BCUT2D eigenvalue weighted by atomic mass is 16.3. The number of benzene rings is 1. The lowest BCUT2D eigenvalue weighted by Crippen LogP contribution is -2.12. The van der Waals surface area contributed by atoms with Gasteiger partial charge in [0, 0.05) is 0 Å². The Bertz CT molecular complexity index is 619. The third-order valence-corrected chi connectivity index (χ3v) is 3.02. The summed E-state index contributed by atoms with van der Waals surface area (Å²) in [6.45, 7) is 3.62. The topological polar surface area (TPSA) is 54.0 Å². The second-order valence-electron chi connectivity index (χ2n) is 4.17. The molecule has 1 aromatic carbocycles. The summed E-state index contributed by atoms with van der Waals surface area (Å²) >= 11 is 0. The SMILES string of the molecule is Cc1ccccc1C(C#N)C(=O)c1ccoc1C. The van der Waals surface area contributed by atoms with E-state index in [4.69, 9.17) is 4.42 Å². The first-order valence-corrected chi connectivity index (χ1v) is 5.68. The maximum absolute atomic E-state index is 12.3. The monoisotopic (exact) mass is 239 g/mol. The summed E-state index contributed by atoms with van der Waals surface area (Å²) in [5.41, 5.74) is 2.17. The van der Waals surface area contributed by atoms with Crippen molar-refractivity contribution in [3.63, 3.8) is 0 Å². The Morgan fingerprint density at radius 1 is 1.28 bits per heavy atom. The van der Waals surface area contributed by atoms with Gasteiger partial charge >= 0.3 is 0 Å². The molecule has 1 aromatic heterocycles. The molecule has 0 N–H and O–H groups in total. The van der Waals surface area contributed by atoms with E-state index >= 15 is 0 Å². The summed E-state index contributed by atoms with van der Waals surface area (Å²) in [6.07, 6.45) is 1.47. The smallest absolute Gasteiger partial charge is 0.187 e. The zero-order chi connectivity index (χ0) is 13.1. The first kappa shape index (κ1) is 12.1. The molecule has 2 rings (SSSR count). The molecule has 0 aliphatic heterocycles. The molecule has 1 heterocycles. The number of nitriles is 1. The summed E-state index contributed by atoms with van der Waals surface area (Å²) in [7, 11) is 0. The van der Waals surface area contributed by atoms with Crippen LogP contribution in [-0.2, 0) is 0 Å². The highest BCUT2D eigenvalue weighted by Gasteiger charge is 2.25. The molecule has 2 aromatic rings. The molecular weight excluding hydrogens is 226 g/mol. The van der Waals surface area contributed by atoms with Crippen molar-refractivity contribution in [2.75, 3.05) is 0 Å². The van der Waals surface area contributed by atoms with Gasteiger partial charge < -0.3 is 4.42 Å². The van der Waals surface area contributed by atoms with Gasteiger partial charge in [-0.2, -0.15) is 5.26 Å². The van der Waals surface area contributed by atoms with Crippen LogP contribution >= 0.6 is 0 Å². The highest BCUT2D eigenvalue weighted by molar-refractivity contribution is 6.03. The van der Waals surface area contributed by atoms with Crippen molar-refractivity contribution in [2.24, 2.45) is 0 Å². The number of ketones is 1. The van der Waals surface area contributed by atoms with E-state index in [2.05, 4.69) is 6.07 Å². The maximum Gasteiger partial charge on any atom is 0.187 e. The molecule has 0 aliphatic carbocycles. The summed E-state index contributed by atoms with van der Waals surface area (Å²) in [5, 5.41) is 9.26. The molecule has 1 unspecified atom stereocenters. The van der Waals surface area contributed by atoms with Crippen LogP contribution in [0.2, 0.25) is 0 Å². The number of hydrogen-bond donors (Lipinski definition) is 0. The van der Waals surface area contributed by atoms with Crippen LogP contribution in [0.15, 0.2) is 41.0 Å². The third kappa shape index (κ3) is 2.05. The van der Waals surface area contributed by atoms with E-state index in [1.54, 1.807) is 13.0 Å². The molecule has 3 nitrogen and oxygen atoms in total. The van der Waals surface area contributed by atoms with Crippen molar-refractivity contribution in [1.29, 1.82) is 5.26 Å². The number of nitrogens with zero attached hydrogens (tertiary/aromatic N) is 1. The standard InChI is InChI=1S/C15H13NO2/c1-10-5-3-4-6-12(10)14(9-16)15(17)13-7-8-18-11(13)2/h3-8,14H,1-2H3. The van der Waals surface area contributed by atoms with E-state index in [-0.39, 0.29) is 5.78 Å². The van der Waals surface area contributed by atoms with Gasteiger partial charge in [-0.1, -0.05) is 24.3 Å². The van der Waals surface area contributed by atoms with Crippen molar-refractivity contribution in [3.8, 4) is 6.07 Å². The first-order valence-electron chi connectivity index (χ1n) is 5.68. The summed E-state index contributed by atoms with van der Waals surface area (Å²) in [4.78, 5) is 12.3. The van der Waals surface area contributed by atoms with Crippen LogP contribution in [-0.4, -0.2) is 5.78 Å². The lowest BCUT2D eigenvalue weighted by Gasteiger charge is -2.10. The minimum atomic E-state index is -0.775. The summed E-state index contributed by atoms with van der Waals surface area (Å²) in [5.74, 6) is -0.436. The number of carbonyl (C=O) groups excluding carboxylic acids is 1. The molecular formula is C15H13NO2. The molecule has 18 heavy (non-hydrogen) atoms. The fourth-order valence-electron chi connectivity index (χ4n) is 1.98. The largest absolute Gasteiger partial charge is 0.469 e. The van der Waals surface area contributed by atoms with Gasteiger partial charge in [-0.05, 0) is 31.0 Å². The summed E-state index contributed by atoms with van der Waals surface area (Å²) in [6, 6.07) is 11.1. The average Bonchev–Trinajstić information content (AvgIpc) is 2.78. The maximum atomic E-state index is 12.3. The van der Waals surface area contributed by atoms with Gasteiger partial charge in [0.2, 0.25) is 0 Å². The van der Waals surface area contributed by atoms with Crippen LogP contribution in [0.25, 0.3) is 0 Å². The Balaban J connectivity index is 2.43. The molecule has 1 atom stereocenters. The van der Waals surface area contributed by atoms with Gasteiger partial charge in [-0.25, -0.2) is 0 Å². The van der Waals surface area contributed by atoms with Crippen molar-refractivity contribution >= 4 is 5.78 Å². The van der Waals surface area contributed by atoms with Crippen molar-refractivity contribution in [2.45, 2.75) is 19.8 Å². The quantitative estimate of drug-likeness (QED) is 0.771. The minimum absolute atomic E-state index is 0.210. The number of Topliss-reactive ketones (excluding diaryl/α,β-unsaturated/α-hetero) is 1. The Hall–Kier alpha value is -2.34. The molecule has 0 radical (unpaired) electrons. The van der Waals surface area contributed by atoms with E-state index < -0.39 is 5.92 Å². The average molecular weight is 239 g/mol. The molecule has 0 aliphatic rings. The van der Waals surface area contributed by atoms with Gasteiger partial charge in [0.05, 0.1) is 17.9 Å². The van der Waals surface area contributed by atoms with Crippen molar-refractivity contribution in [3.05, 3.63) is 59.0 Å². The van der Waals surface area contributed by atoms with E-state index in [0.717, 1.165) is 11.1 Å². The lowest BCUT2D eigenvalue weighted by molar-refractivity contribution is 0.0977. The third-order valence-electron chi connectivity index (χ3n) is 3.02. The Labute approximate surface area is 106 Å². The van der Waals surface area contributed by atoms with Gasteiger partial charge in [0.25, 0.3) is 0 Å². The molecule has 3 heteroatoms. The fraction of sp³-hybridized carbons (Fsp3) is 0.200. The van der Waals surface area contributed by atoms with Crippen LogP contribution < -0.4 is 0 Å². The van der Waals surface area contributed by atoms with Gasteiger partial charge in [-0.15, -0.1) is 0 Å². The van der Waals surface area contributed by atoms with E-state index in [1.807, 2.05) is 31.2 Å². The molecule has 0 fully saturated rings. The van der Waals surface area contributed by atoms with E-state index in [1.165, 1.54) is 6.26 Å². The Morgan fingerprint density at radius 3 is 2.56 bits per heavy atom. The normalized spacial score (nSPS) is 11.8. The number of carbonyl (C=O) groups is 1.